The van der Waals surface area contributed by atoms with Crippen molar-refractivity contribution in [2.75, 3.05) is 32.0 Å². The van der Waals surface area contributed by atoms with E-state index >= 15 is 0 Å². The highest BCUT2D eigenvalue weighted by Gasteiger charge is 2.18. The van der Waals surface area contributed by atoms with Crippen molar-refractivity contribution in [3.05, 3.63) is 29.6 Å². The monoisotopic (exact) mass is 242 g/mol. The van der Waals surface area contributed by atoms with Crippen molar-refractivity contribution in [1.29, 1.82) is 0 Å². The molecule has 0 bridgehead atoms. The average Bonchev–Trinajstić information content (AvgIpc) is 2.28. The number of anilines is 1. The summed E-state index contributed by atoms with van der Waals surface area (Å²) in [6.07, 6.45) is 0. The number of nitrogens with zero attached hydrogens (tertiary/aromatic N) is 1. The van der Waals surface area contributed by atoms with Crippen LogP contribution in [0.5, 0.6) is 0 Å². The zero-order chi connectivity index (χ0) is 12.8. The molecule has 0 heterocycles. The maximum absolute atomic E-state index is 13.5. The Balaban J connectivity index is 2.92. The minimum absolute atomic E-state index is 0.0449. The van der Waals surface area contributed by atoms with Crippen molar-refractivity contribution in [3.63, 3.8) is 0 Å². The zero-order valence-electron chi connectivity index (χ0n) is 9.27. The predicted octanol–water partition coefficient (Wildman–Crippen LogP) is -0.165. The van der Waals surface area contributed by atoms with Gasteiger partial charge in [-0.3, -0.25) is 4.79 Å². The van der Waals surface area contributed by atoms with Gasteiger partial charge in [0.05, 0.1) is 18.8 Å². The van der Waals surface area contributed by atoms with Crippen LogP contribution in [0, 0.1) is 5.82 Å². The highest BCUT2D eigenvalue weighted by atomic mass is 19.1. The minimum atomic E-state index is -0.712. The summed E-state index contributed by atoms with van der Waals surface area (Å²) in [6, 6.07) is 3.77. The molecule has 0 radical (unpaired) electrons. The highest BCUT2D eigenvalue weighted by Crippen LogP contribution is 2.14. The maximum Gasteiger partial charge on any atom is 0.256 e. The second-order valence-electron chi connectivity index (χ2n) is 3.48. The van der Waals surface area contributed by atoms with Crippen LogP contribution in [0.2, 0.25) is 0 Å². The molecule has 0 aliphatic carbocycles. The first-order valence-electron chi connectivity index (χ1n) is 5.16. The van der Waals surface area contributed by atoms with E-state index in [1.54, 1.807) is 0 Å². The second kappa shape index (κ2) is 6.17. The lowest BCUT2D eigenvalue weighted by molar-refractivity contribution is 0.0680. The van der Waals surface area contributed by atoms with Gasteiger partial charge in [-0.2, -0.15) is 0 Å². The quantitative estimate of drug-likeness (QED) is 0.626. The molecular weight excluding hydrogens is 227 g/mol. The standard InChI is InChI=1S/C11H15FN2O3/c12-10-7-8(13)1-2-9(10)11(17)14(3-5-15)4-6-16/h1-2,7,15-16H,3-6,13H2. The van der Waals surface area contributed by atoms with Gasteiger partial charge in [-0.05, 0) is 18.2 Å². The summed E-state index contributed by atoms with van der Waals surface area (Å²) in [5, 5.41) is 17.6. The summed E-state index contributed by atoms with van der Waals surface area (Å²) in [7, 11) is 0. The number of rotatable bonds is 5. The van der Waals surface area contributed by atoms with Crippen LogP contribution in [0.1, 0.15) is 10.4 Å². The van der Waals surface area contributed by atoms with Gasteiger partial charge in [0, 0.05) is 18.8 Å². The fraction of sp³-hybridized carbons (Fsp3) is 0.364. The molecule has 0 saturated heterocycles. The van der Waals surface area contributed by atoms with Crippen molar-refractivity contribution in [2.24, 2.45) is 0 Å². The van der Waals surface area contributed by atoms with Crippen molar-refractivity contribution in [3.8, 4) is 0 Å². The van der Waals surface area contributed by atoms with E-state index < -0.39 is 11.7 Å². The fourth-order valence-corrected chi connectivity index (χ4v) is 1.43. The van der Waals surface area contributed by atoms with Gasteiger partial charge in [0.25, 0.3) is 5.91 Å². The number of hydrogen-bond donors (Lipinski definition) is 3. The third kappa shape index (κ3) is 3.40. The van der Waals surface area contributed by atoms with Gasteiger partial charge in [0.15, 0.2) is 0 Å². The normalized spacial score (nSPS) is 10.3. The highest BCUT2D eigenvalue weighted by molar-refractivity contribution is 5.94. The molecule has 6 heteroatoms. The Morgan fingerprint density at radius 2 is 1.88 bits per heavy atom. The second-order valence-corrected chi connectivity index (χ2v) is 3.48. The summed E-state index contributed by atoms with van der Waals surface area (Å²) in [5.41, 5.74) is 5.48. The van der Waals surface area contributed by atoms with Crippen LogP contribution >= 0.6 is 0 Å². The van der Waals surface area contributed by atoms with Gasteiger partial charge in [-0.15, -0.1) is 0 Å². The first-order valence-corrected chi connectivity index (χ1v) is 5.16. The largest absolute Gasteiger partial charge is 0.399 e. The summed E-state index contributed by atoms with van der Waals surface area (Å²) in [6.45, 7) is -0.406. The third-order valence-corrected chi connectivity index (χ3v) is 2.25. The van der Waals surface area contributed by atoms with Crippen LogP contribution in [-0.2, 0) is 0 Å². The summed E-state index contributed by atoms with van der Waals surface area (Å²) >= 11 is 0. The van der Waals surface area contributed by atoms with E-state index in [0.29, 0.717) is 0 Å². The molecule has 1 aromatic carbocycles. The van der Waals surface area contributed by atoms with E-state index in [4.69, 9.17) is 15.9 Å². The first kappa shape index (κ1) is 13.4. The molecule has 4 N–H and O–H groups in total. The zero-order valence-corrected chi connectivity index (χ0v) is 9.27. The Bertz CT molecular complexity index is 392. The number of aliphatic hydroxyl groups excluding tert-OH is 2. The van der Waals surface area contributed by atoms with Crippen molar-refractivity contribution in [1.82, 2.24) is 4.90 Å². The van der Waals surface area contributed by atoms with Crippen molar-refractivity contribution >= 4 is 11.6 Å². The molecule has 5 nitrogen and oxygen atoms in total. The molecule has 1 rings (SSSR count). The van der Waals surface area contributed by atoms with E-state index in [2.05, 4.69) is 0 Å². The number of hydrogen-bond acceptors (Lipinski definition) is 4. The molecule has 1 amide bonds. The number of carbonyl (C=O) groups is 1. The molecule has 0 spiro atoms. The number of halogens is 1. The number of nitrogen functional groups attached to an aromatic ring is 1. The van der Waals surface area contributed by atoms with E-state index in [0.717, 1.165) is 6.07 Å². The number of carbonyl (C=O) groups excluding carboxylic acids is 1. The lowest BCUT2D eigenvalue weighted by atomic mass is 10.1. The van der Waals surface area contributed by atoms with Gasteiger partial charge in [0.1, 0.15) is 5.82 Å². The average molecular weight is 242 g/mol. The van der Waals surface area contributed by atoms with Crippen LogP contribution in [0.15, 0.2) is 18.2 Å². The molecule has 0 atom stereocenters. The lowest BCUT2D eigenvalue weighted by Gasteiger charge is -2.20. The number of nitrogens with two attached hydrogens (primary N) is 1. The number of benzene rings is 1. The van der Waals surface area contributed by atoms with Gasteiger partial charge < -0.3 is 20.8 Å². The van der Waals surface area contributed by atoms with Crippen LogP contribution in [0.4, 0.5) is 10.1 Å². The molecule has 0 unspecified atom stereocenters. The van der Waals surface area contributed by atoms with E-state index in [-0.39, 0.29) is 37.6 Å². The van der Waals surface area contributed by atoms with Gasteiger partial charge in [0.2, 0.25) is 0 Å². The molecule has 1 aromatic rings. The summed E-state index contributed by atoms with van der Waals surface area (Å²) < 4.78 is 13.5. The maximum atomic E-state index is 13.5. The molecule has 94 valence electrons. The van der Waals surface area contributed by atoms with Gasteiger partial charge >= 0.3 is 0 Å². The smallest absolute Gasteiger partial charge is 0.256 e. The van der Waals surface area contributed by atoms with Gasteiger partial charge in [-0.25, -0.2) is 4.39 Å². The van der Waals surface area contributed by atoms with Crippen LogP contribution < -0.4 is 5.73 Å². The Morgan fingerprint density at radius 1 is 1.29 bits per heavy atom. The Labute approximate surface area is 98.3 Å². The fourth-order valence-electron chi connectivity index (χ4n) is 1.43. The Hall–Kier alpha value is -1.66. The van der Waals surface area contributed by atoms with E-state index in [9.17, 15) is 9.18 Å². The first-order chi connectivity index (χ1) is 8.10. The van der Waals surface area contributed by atoms with Crippen LogP contribution in [0.25, 0.3) is 0 Å². The van der Waals surface area contributed by atoms with E-state index in [1.165, 1.54) is 17.0 Å². The molecule has 0 aliphatic rings. The molecule has 0 aliphatic heterocycles. The Kier molecular flexibility index (Phi) is 4.86. The molecule has 0 saturated carbocycles. The molecule has 17 heavy (non-hydrogen) atoms. The third-order valence-electron chi connectivity index (χ3n) is 2.25. The van der Waals surface area contributed by atoms with Crippen LogP contribution in [0.3, 0.4) is 0 Å². The summed E-state index contributed by atoms with van der Waals surface area (Å²) in [4.78, 5) is 13.1. The Morgan fingerprint density at radius 3 is 2.35 bits per heavy atom. The van der Waals surface area contributed by atoms with Crippen molar-refractivity contribution < 1.29 is 19.4 Å². The van der Waals surface area contributed by atoms with Crippen molar-refractivity contribution in [2.45, 2.75) is 0 Å². The summed E-state index contributed by atoms with van der Waals surface area (Å²) in [5.74, 6) is -1.29. The predicted molar refractivity (Wildman–Crippen MR) is 60.9 cm³/mol. The minimum Gasteiger partial charge on any atom is -0.399 e. The number of aliphatic hydroxyl groups is 2. The van der Waals surface area contributed by atoms with Gasteiger partial charge in [-0.1, -0.05) is 0 Å². The molecule has 0 fully saturated rings. The SMILES string of the molecule is Nc1ccc(C(=O)N(CCO)CCO)c(F)c1. The lowest BCUT2D eigenvalue weighted by Crippen LogP contribution is -2.36. The van der Waals surface area contributed by atoms with Crippen LogP contribution in [-0.4, -0.2) is 47.3 Å². The topological polar surface area (TPSA) is 86.8 Å². The van der Waals surface area contributed by atoms with E-state index in [1.807, 2.05) is 0 Å². The molecular formula is C11H15FN2O3. The molecule has 0 aromatic heterocycles. The number of amides is 1.